The van der Waals surface area contributed by atoms with Crippen molar-refractivity contribution in [2.24, 2.45) is 5.92 Å². The first-order valence-corrected chi connectivity index (χ1v) is 13.1. The third kappa shape index (κ3) is 7.84. The number of nitrogen functional groups attached to an aromatic ring is 1. The zero-order chi connectivity index (χ0) is 26.1. The van der Waals surface area contributed by atoms with Crippen molar-refractivity contribution in [1.29, 1.82) is 0 Å². The fraction of sp³-hybridized carbons (Fsp3) is 0.346. The van der Waals surface area contributed by atoms with Crippen LogP contribution < -0.4 is 11.1 Å². The molecule has 9 nitrogen and oxygen atoms in total. The molecule has 2 atom stereocenters. The van der Waals surface area contributed by atoms with E-state index < -0.39 is 28.3 Å². The van der Waals surface area contributed by atoms with Crippen LogP contribution in [-0.4, -0.2) is 49.2 Å². The van der Waals surface area contributed by atoms with Gasteiger partial charge in [0.1, 0.15) is 6.61 Å². The van der Waals surface area contributed by atoms with E-state index in [1.807, 2.05) is 44.2 Å². The van der Waals surface area contributed by atoms with Crippen LogP contribution in [0.25, 0.3) is 0 Å². The number of anilines is 1. The van der Waals surface area contributed by atoms with Crippen LogP contribution in [0.2, 0.25) is 0 Å². The van der Waals surface area contributed by atoms with Gasteiger partial charge in [-0.05, 0) is 48.2 Å². The molecule has 0 fully saturated rings. The Bertz CT molecular complexity index is 1180. The molecule has 3 aromatic rings. The molecule has 0 aliphatic rings. The van der Waals surface area contributed by atoms with E-state index in [0.29, 0.717) is 11.3 Å². The lowest BCUT2D eigenvalue weighted by molar-refractivity contribution is 0.0873. The number of benzene rings is 2. The van der Waals surface area contributed by atoms with E-state index in [1.165, 1.54) is 41.1 Å². The highest BCUT2D eigenvalue weighted by Gasteiger charge is 2.31. The number of ether oxygens (including phenoxy) is 1. The Morgan fingerprint density at radius 1 is 1.06 bits per heavy atom. The highest BCUT2D eigenvalue weighted by molar-refractivity contribution is 7.89. The van der Waals surface area contributed by atoms with Gasteiger partial charge in [-0.15, -0.1) is 0 Å². The van der Waals surface area contributed by atoms with Gasteiger partial charge in [0.2, 0.25) is 10.0 Å². The molecule has 36 heavy (non-hydrogen) atoms. The number of rotatable bonds is 12. The minimum atomic E-state index is -3.92. The second kappa shape index (κ2) is 12.6. The standard InChI is InChI=1S/C26H33N3O6S/c1-19(2)15-29(36(32,33)23-10-8-22(27)9-11-23)16-25(30)24(14-20-6-4-3-5-7-20)28-26(31)35-18-21-12-13-34-17-21/h3-13,17,19,24-25,30H,14-16,18,27H2,1-2H3,(H,28,31). The maximum Gasteiger partial charge on any atom is 0.407 e. The van der Waals surface area contributed by atoms with Gasteiger partial charge in [0.05, 0.1) is 29.6 Å². The fourth-order valence-corrected chi connectivity index (χ4v) is 5.29. The van der Waals surface area contributed by atoms with E-state index in [-0.39, 0.29) is 36.9 Å². The van der Waals surface area contributed by atoms with Gasteiger partial charge in [-0.1, -0.05) is 44.2 Å². The quantitative estimate of drug-likeness (QED) is 0.315. The fourth-order valence-electron chi connectivity index (χ4n) is 3.67. The molecule has 0 radical (unpaired) electrons. The van der Waals surface area contributed by atoms with Crippen molar-refractivity contribution in [3.63, 3.8) is 0 Å². The summed E-state index contributed by atoms with van der Waals surface area (Å²) in [6.45, 7) is 3.76. The molecule has 0 saturated heterocycles. The number of nitrogens with zero attached hydrogens (tertiary/aromatic N) is 1. The summed E-state index contributed by atoms with van der Waals surface area (Å²) in [5, 5.41) is 13.9. The molecule has 10 heteroatoms. The monoisotopic (exact) mass is 515 g/mol. The van der Waals surface area contributed by atoms with Crippen molar-refractivity contribution in [3.8, 4) is 0 Å². The summed E-state index contributed by atoms with van der Waals surface area (Å²) < 4.78 is 38.3. The van der Waals surface area contributed by atoms with E-state index in [0.717, 1.165) is 5.56 Å². The lowest BCUT2D eigenvalue weighted by Gasteiger charge is -2.30. The average Bonchev–Trinajstić information content (AvgIpc) is 3.36. The molecule has 0 spiro atoms. The van der Waals surface area contributed by atoms with Gasteiger partial charge in [0.25, 0.3) is 0 Å². The number of carbonyl (C=O) groups excluding carboxylic acids is 1. The summed E-state index contributed by atoms with van der Waals surface area (Å²) in [5.74, 6) is 0.00112. The van der Waals surface area contributed by atoms with Crippen molar-refractivity contribution in [1.82, 2.24) is 9.62 Å². The van der Waals surface area contributed by atoms with Crippen LogP contribution in [-0.2, 0) is 27.8 Å². The number of amides is 1. The zero-order valence-electron chi connectivity index (χ0n) is 20.4. The Hall–Kier alpha value is -3.34. The molecular formula is C26H33N3O6S. The van der Waals surface area contributed by atoms with E-state index in [2.05, 4.69) is 5.32 Å². The van der Waals surface area contributed by atoms with Crippen LogP contribution in [0.1, 0.15) is 25.0 Å². The molecule has 0 saturated carbocycles. The van der Waals surface area contributed by atoms with Crippen LogP contribution >= 0.6 is 0 Å². The highest BCUT2D eigenvalue weighted by atomic mass is 32.2. The first-order valence-electron chi connectivity index (χ1n) is 11.7. The first-order chi connectivity index (χ1) is 17.1. The van der Waals surface area contributed by atoms with Gasteiger partial charge in [0.15, 0.2) is 0 Å². The SMILES string of the molecule is CC(C)CN(CC(O)C(Cc1ccccc1)NC(=O)OCc1ccoc1)S(=O)(=O)c1ccc(N)cc1. The minimum absolute atomic E-state index is 0.00112. The number of aliphatic hydroxyl groups excluding tert-OH is 1. The van der Waals surface area contributed by atoms with Crippen LogP contribution in [0, 0.1) is 5.92 Å². The normalized spacial score (nSPS) is 13.5. The number of furan rings is 1. The lowest BCUT2D eigenvalue weighted by atomic mass is 10.0. The molecule has 1 heterocycles. The Morgan fingerprint density at radius 2 is 1.75 bits per heavy atom. The van der Waals surface area contributed by atoms with Crippen LogP contribution in [0.4, 0.5) is 10.5 Å². The number of carbonyl (C=O) groups is 1. The number of sulfonamides is 1. The van der Waals surface area contributed by atoms with E-state index >= 15 is 0 Å². The number of hydrogen-bond donors (Lipinski definition) is 3. The van der Waals surface area contributed by atoms with Gasteiger partial charge in [-0.2, -0.15) is 4.31 Å². The Balaban J connectivity index is 1.79. The number of hydrogen-bond acceptors (Lipinski definition) is 7. The van der Waals surface area contributed by atoms with E-state index in [9.17, 15) is 18.3 Å². The zero-order valence-corrected chi connectivity index (χ0v) is 21.2. The molecule has 0 bridgehead atoms. The third-order valence-electron chi connectivity index (χ3n) is 5.49. The Morgan fingerprint density at radius 3 is 2.36 bits per heavy atom. The number of nitrogens with two attached hydrogens (primary N) is 1. The number of aliphatic hydroxyl groups is 1. The molecule has 2 unspecified atom stereocenters. The maximum absolute atomic E-state index is 13.4. The Kier molecular flexibility index (Phi) is 9.51. The van der Waals surface area contributed by atoms with Crippen LogP contribution in [0.5, 0.6) is 0 Å². The molecule has 1 amide bonds. The molecule has 2 aromatic carbocycles. The number of alkyl carbamates (subject to hydrolysis) is 1. The molecule has 0 aliphatic carbocycles. The van der Waals surface area contributed by atoms with Crippen molar-refractivity contribution in [2.75, 3.05) is 18.8 Å². The maximum atomic E-state index is 13.4. The molecule has 0 aliphatic heterocycles. The van der Waals surface area contributed by atoms with Gasteiger partial charge in [-0.3, -0.25) is 0 Å². The van der Waals surface area contributed by atoms with Gasteiger partial charge < -0.3 is 25.3 Å². The predicted molar refractivity (Wildman–Crippen MR) is 136 cm³/mol. The average molecular weight is 516 g/mol. The predicted octanol–water partition coefficient (Wildman–Crippen LogP) is 3.41. The molecule has 3 rings (SSSR count). The van der Waals surface area contributed by atoms with Gasteiger partial charge >= 0.3 is 6.09 Å². The lowest BCUT2D eigenvalue weighted by Crippen LogP contribution is -2.51. The van der Waals surface area contributed by atoms with E-state index in [1.54, 1.807) is 6.07 Å². The van der Waals surface area contributed by atoms with Crippen molar-refractivity contribution >= 4 is 21.8 Å². The third-order valence-corrected chi connectivity index (χ3v) is 7.34. The van der Waals surface area contributed by atoms with Gasteiger partial charge in [-0.25, -0.2) is 13.2 Å². The smallest absolute Gasteiger partial charge is 0.407 e. The summed E-state index contributed by atoms with van der Waals surface area (Å²) in [5.41, 5.74) is 7.72. The van der Waals surface area contributed by atoms with Crippen LogP contribution in [0.3, 0.4) is 0 Å². The first kappa shape index (κ1) is 27.3. The van der Waals surface area contributed by atoms with Crippen molar-refractivity contribution in [2.45, 2.75) is 43.9 Å². The molecular weight excluding hydrogens is 482 g/mol. The topological polar surface area (TPSA) is 135 Å². The minimum Gasteiger partial charge on any atom is -0.472 e. The molecule has 194 valence electrons. The van der Waals surface area contributed by atoms with Gasteiger partial charge in [0, 0.05) is 24.3 Å². The Labute approximate surface area is 211 Å². The summed E-state index contributed by atoms with van der Waals surface area (Å²) in [6, 6.07) is 16.1. The summed E-state index contributed by atoms with van der Waals surface area (Å²) in [6.07, 6.45) is 1.28. The second-order valence-electron chi connectivity index (χ2n) is 9.00. The van der Waals surface area contributed by atoms with E-state index in [4.69, 9.17) is 14.9 Å². The highest BCUT2D eigenvalue weighted by Crippen LogP contribution is 2.20. The summed E-state index contributed by atoms with van der Waals surface area (Å²) >= 11 is 0. The van der Waals surface area contributed by atoms with Crippen LogP contribution in [0.15, 0.2) is 82.5 Å². The molecule has 1 aromatic heterocycles. The van der Waals surface area contributed by atoms with Crippen molar-refractivity contribution in [3.05, 3.63) is 84.3 Å². The summed E-state index contributed by atoms with van der Waals surface area (Å²) in [7, 11) is -3.92. The largest absolute Gasteiger partial charge is 0.472 e. The number of nitrogens with one attached hydrogen (secondary N) is 1. The second-order valence-corrected chi connectivity index (χ2v) is 10.9. The van der Waals surface area contributed by atoms with Crippen molar-refractivity contribution < 1.29 is 27.5 Å². The molecule has 4 N–H and O–H groups in total. The summed E-state index contributed by atoms with van der Waals surface area (Å²) in [4.78, 5) is 12.6.